The first-order valence-electron chi connectivity index (χ1n) is 7.11. The van der Waals surface area contributed by atoms with Gasteiger partial charge in [0.05, 0.1) is 5.25 Å². The zero-order valence-corrected chi connectivity index (χ0v) is 13.7. The van der Waals surface area contributed by atoms with E-state index in [9.17, 15) is 4.79 Å². The molecule has 0 aromatic heterocycles. The molecule has 1 aromatic rings. The molecule has 4 heteroatoms. The molecule has 0 fully saturated rings. The number of rotatable bonds is 8. The number of amides is 1. The van der Waals surface area contributed by atoms with Gasteiger partial charge in [-0.25, -0.2) is 0 Å². The smallest absolute Gasteiger partial charge is 0.235 e. The molecule has 0 saturated carbocycles. The number of nitrogens with one attached hydrogen (secondary N) is 1. The van der Waals surface area contributed by atoms with Crippen LogP contribution in [0.5, 0.6) is 0 Å². The Morgan fingerprint density at radius 1 is 1.30 bits per heavy atom. The van der Waals surface area contributed by atoms with Gasteiger partial charge in [-0.05, 0) is 18.5 Å². The van der Waals surface area contributed by atoms with E-state index in [0.29, 0.717) is 5.92 Å². The fourth-order valence-corrected chi connectivity index (χ4v) is 3.19. The van der Waals surface area contributed by atoms with E-state index in [1.807, 2.05) is 37.2 Å². The van der Waals surface area contributed by atoms with Crippen molar-refractivity contribution in [3.05, 3.63) is 35.9 Å². The Kier molecular flexibility index (Phi) is 7.70. The minimum atomic E-state index is 0.0251. The standard InChI is InChI=1S/C16H26N2OS/c1-13(2)15(16(19)18(4)11-10-17-3)20-12-14-8-6-5-7-9-14/h5-9,13,15,17H,10-12H2,1-4H3. The molecule has 1 N–H and O–H groups in total. The summed E-state index contributed by atoms with van der Waals surface area (Å²) in [6.07, 6.45) is 0. The predicted octanol–water partition coefficient (Wildman–Crippen LogP) is 2.62. The number of nitrogens with zero attached hydrogens (tertiary/aromatic N) is 1. The number of thioether (sulfide) groups is 1. The predicted molar refractivity (Wildman–Crippen MR) is 87.9 cm³/mol. The lowest BCUT2D eigenvalue weighted by Gasteiger charge is -2.26. The molecule has 0 heterocycles. The number of hydrogen-bond acceptors (Lipinski definition) is 3. The average molecular weight is 294 g/mol. The normalized spacial score (nSPS) is 12.4. The van der Waals surface area contributed by atoms with Crippen LogP contribution in [-0.2, 0) is 10.5 Å². The molecule has 1 unspecified atom stereocenters. The summed E-state index contributed by atoms with van der Waals surface area (Å²) >= 11 is 1.74. The molecule has 1 aromatic carbocycles. The zero-order chi connectivity index (χ0) is 15.0. The molecule has 0 saturated heterocycles. The van der Waals surface area contributed by atoms with Crippen molar-refractivity contribution in [1.29, 1.82) is 0 Å². The van der Waals surface area contributed by atoms with Crippen molar-refractivity contribution >= 4 is 17.7 Å². The first-order valence-corrected chi connectivity index (χ1v) is 8.16. The van der Waals surface area contributed by atoms with Crippen LogP contribution >= 0.6 is 11.8 Å². The van der Waals surface area contributed by atoms with E-state index in [1.54, 1.807) is 11.8 Å². The Morgan fingerprint density at radius 3 is 2.50 bits per heavy atom. The SMILES string of the molecule is CNCCN(C)C(=O)C(SCc1ccccc1)C(C)C. The van der Waals surface area contributed by atoms with Gasteiger partial charge in [0.1, 0.15) is 0 Å². The van der Waals surface area contributed by atoms with Crippen LogP contribution in [0.4, 0.5) is 0 Å². The van der Waals surface area contributed by atoms with Gasteiger partial charge in [0.25, 0.3) is 0 Å². The van der Waals surface area contributed by atoms with Crippen molar-refractivity contribution in [3.63, 3.8) is 0 Å². The van der Waals surface area contributed by atoms with E-state index in [1.165, 1.54) is 5.56 Å². The topological polar surface area (TPSA) is 32.3 Å². The lowest BCUT2D eigenvalue weighted by molar-refractivity contribution is -0.129. The van der Waals surface area contributed by atoms with Crippen molar-refractivity contribution in [2.75, 3.05) is 27.2 Å². The summed E-state index contributed by atoms with van der Waals surface area (Å²) in [5.74, 6) is 1.46. The van der Waals surface area contributed by atoms with Gasteiger partial charge in [0.15, 0.2) is 0 Å². The molecule has 0 spiro atoms. The highest BCUT2D eigenvalue weighted by atomic mass is 32.2. The van der Waals surface area contributed by atoms with Gasteiger partial charge >= 0.3 is 0 Å². The molecule has 0 aliphatic heterocycles. The largest absolute Gasteiger partial charge is 0.344 e. The van der Waals surface area contributed by atoms with Crippen molar-refractivity contribution < 1.29 is 4.79 Å². The van der Waals surface area contributed by atoms with Crippen LogP contribution in [0, 0.1) is 5.92 Å². The maximum Gasteiger partial charge on any atom is 0.235 e. The van der Waals surface area contributed by atoms with Gasteiger partial charge in [-0.2, -0.15) is 0 Å². The van der Waals surface area contributed by atoms with Crippen LogP contribution < -0.4 is 5.32 Å². The number of hydrogen-bond donors (Lipinski definition) is 1. The molecule has 112 valence electrons. The monoisotopic (exact) mass is 294 g/mol. The molecular weight excluding hydrogens is 268 g/mol. The van der Waals surface area contributed by atoms with Gasteiger partial charge in [0, 0.05) is 25.9 Å². The second-order valence-electron chi connectivity index (χ2n) is 5.32. The molecule has 1 atom stereocenters. The van der Waals surface area contributed by atoms with E-state index in [2.05, 4.69) is 31.3 Å². The maximum absolute atomic E-state index is 12.5. The summed E-state index contributed by atoms with van der Waals surface area (Å²) in [6, 6.07) is 10.3. The molecule has 0 aliphatic carbocycles. The molecule has 0 radical (unpaired) electrons. The Morgan fingerprint density at radius 2 is 1.95 bits per heavy atom. The Hall–Kier alpha value is -1.00. The van der Waals surface area contributed by atoms with E-state index >= 15 is 0 Å². The van der Waals surface area contributed by atoms with Gasteiger partial charge in [-0.15, -0.1) is 11.8 Å². The van der Waals surface area contributed by atoms with Crippen molar-refractivity contribution in [1.82, 2.24) is 10.2 Å². The summed E-state index contributed by atoms with van der Waals surface area (Å²) < 4.78 is 0. The minimum absolute atomic E-state index is 0.0251. The fourth-order valence-electron chi connectivity index (χ4n) is 1.92. The Balaban J connectivity index is 2.57. The van der Waals surface area contributed by atoms with Crippen molar-refractivity contribution in [3.8, 4) is 0 Å². The maximum atomic E-state index is 12.5. The third-order valence-electron chi connectivity index (χ3n) is 3.19. The summed E-state index contributed by atoms with van der Waals surface area (Å²) in [7, 11) is 3.79. The number of likely N-dealkylation sites (N-methyl/N-ethyl adjacent to an activating group) is 2. The summed E-state index contributed by atoms with van der Waals surface area (Å²) in [5, 5.41) is 3.10. The quantitative estimate of drug-likeness (QED) is 0.800. The first kappa shape index (κ1) is 17.1. The summed E-state index contributed by atoms with van der Waals surface area (Å²) in [6.45, 7) is 5.82. The van der Waals surface area contributed by atoms with Gasteiger partial charge in [-0.3, -0.25) is 4.79 Å². The van der Waals surface area contributed by atoms with Crippen molar-refractivity contribution in [2.45, 2.75) is 24.9 Å². The van der Waals surface area contributed by atoms with Crippen molar-refractivity contribution in [2.24, 2.45) is 5.92 Å². The van der Waals surface area contributed by atoms with E-state index in [-0.39, 0.29) is 11.2 Å². The fraction of sp³-hybridized carbons (Fsp3) is 0.562. The number of carbonyl (C=O) groups is 1. The molecule has 0 aliphatic rings. The van der Waals surface area contributed by atoms with Crippen LogP contribution in [0.15, 0.2) is 30.3 Å². The van der Waals surface area contributed by atoms with Crippen LogP contribution in [0.25, 0.3) is 0 Å². The number of benzene rings is 1. The highest BCUT2D eigenvalue weighted by Crippen LogP contribution is 2.25. The highest BCUT2D eigenvalue weighted by molar-refractivity contribution is 7.99. The van der Waals surface area contributed by atoms with E-state index < -0.39 is 0 Å². The first-order chi connectivity index (χ1) is 9.56. The zero-order valence-electron chi connectivity index (χ0n) is 12.9. The lowest BCUT2D eigenvalue weighted by atomic mass is 10.1. The Bertz CT molecular complexity index is 395. The van der Waals surface area contributed by atoms with Crippen LogP contribution in [0.3, 0.4) is 0 Å². The second kappa shape index (κ2) is 9.03. The summed E-state index contributed by atoms with van der Waals surface area (Å²) in [4.78, 5) is 14.3. The van der Waals surface area contributed by atoms with Crippen LogP contribution in [0.2, 0.25) is 0 Å². The molecule has 1 amide bonds. The van der Waals surface area contributed by atoms with Gasteiger partial charge in [0.2, 0.25) is 5.91 Å². The van der Waals surface area contributed by atoms with E-state index in [0.717, 1.165) is 18.8 Å². The molecule has 1 rings (SSSR count). The van der Waals surface area contributed by atoms with Crippen LogP contribution in [0.1, 0.15) is 19.4 Å². The third kappa shape index (κ3) is 5.55. The number of carbonyl (C=O) groups excluding carboxylic acids is 1. The minimum Gasteiger partial charge on any atom is -0.344 e. The van der Waals surface area contributed by atoms with E-state index in [4.69, 9.17) is 0 Å². The lowest BCUT2D eigenvalue weighted by Crippen LogP contribution is -2.40. The third-order valence-corrected chi connectivity index (χ3v) is 4.80. The van der Waals surface area contributed by atoms with Crippen LogP contribution in [-0.4, -0.2) is 43.2 Å². The van der Waals surface area contributed by atoms with Gasteiger partial charge < -0.3 is 10.2 Å². The molecule has 3 nitrogen and oxygen atoms in total. The van der Waals surface area contributed by atoms with Gasteiger partial charge in [-0.1, -0.05) is 44.2 Å². The Labute approximate surface area is 127 Å². The molecular formula is C16H26N2OS. The molecule has 20 heavy (non-hydrogen) atoms. The average Bonchev–Trinajstić information content (AvgIpc) is 2.45. The molecule has 0 bridgehead atoms. The highest BCUT2D eigenvalue weighted by Gasteiger charge is 2.25. The summed E-state index contributed by atoms with van der Waals surface area (Å²) in [5.41, 5.74) is 1.27. The second-order valence-corrected chi connectivity index (χ2v) is 6.45.